The van der Waals surface area contributed by atoms with Crippen LogP contribution >= 0.6 is 0 Å². The number of ether oxygens (including phenoxy) is 4. The van der Waals surface area contributed by atoms with Crippen LogP contribution in [0.1, 0.15) is 59.4 Å². The first-order chi connectivity index (χ1) is 18.6. The highest BCUT2D eigenvalue weighted by Gasteiger charge is 2.64. The number of allylic oxidation sites excluding steroid dienone is 1. The lowest BCUT2D eigenvalue weighted by molar-refractivity contribution is -0.277. The van der Waals surface area contributed by atoms with Crippen molar-refractivity contribution in [2.45, 2.75) is 83.5 Å². The molecule has 2 aliphatic rings. The summed E-state index contributed by atoms with van der Waals surface area (Å²) in [6, 6.07) is 6.57. The van der Waals surface area contributed by atoms with Crippen molar-refractivity contribution in [2.24, 2.45) is 5.92 Å². The van der Waals surface area contributed by atoms with E-state index in [4.69, 9.17) is 18.9 Å². The fourth-order valence-corrected chi connectivity index (χ4v) is 4.74. The maximum atomic E-state index is 14.5. The standard InChI is InChI=1S/C30H35F3O7/c1-18-14-22(38-26(35)15-18)16-20(3)23(13-12-19(2)24-17-25(34)28(4,5)40-24)39-27(36)29(37-6,30(31,32)33)21-10-8-7-9-11-21/h7-11,15-17,19,22-23H,12-14H2,1-6H3/b20-16+/t19-,22+,23+,29-/m1/s1. The monoisotopic (exact) mass is 564 g/mol. The van der Waals surface area contributed by atoms with Gasteiger partial charge >= 0.3 is 18.1 Å². The van der Waals surface area contributed by atoms with Gasteiger partial charge in [0.15, 0.2) is 5.60 Å². The molecule has 0 saturated carbocycles. The topological polar surface area (TPSA) is 88.1 Å². The van der Waals surface area contributed by atoms with Gasteiger partial charge in [0.25, 0.3) is 5.60 Å². The molecule has 0 radical (unpaired) electrons. The van der Waals surface area contributed by atoms with Gasteiger partial charge in [-0.3, -0.25) is 4.79 Å². The molecule has 2 heterocycles. The van der Waals surface area contributed by atoms with E-state index in [-0.39, 0.29) is 18.1 Å². The van der Waals surface area contributed by atoms with Crippen LogP contribution < -0.4 is 0 Å². The van der Waals surface area contributed by atoms with Crippen LogP contribution in [0.25, 0.3) is 0 Å². The van der Waals surface area contributed by atoms with E-state index in [9.17, 15) is 27.6 Å². The molecule has 0 aliphatic carbocycles. The van der Waals surface area contributed by atoms with E-state index < -0.39 is 47.1 Å². The normalized spacial score (nSPS) is 22.3. The second-order valence-corrected chi connectivity index (χ2v) is 10.7. The van der Waals surface area contributed by atoms with Gasteiger partial charge in [-0.1, -0.05) is 42.8 Å². The fraction of sp³-hybridized carbons (Fsp3) is 0.500. The van der Waals surface area contributed by atoms with Crippen LogP contribution in [0.3, 0.4) is 0 Å². The van der Waals surface area contributed by atoms with E-state index >= 15 is 0 Å². The highest BCUT2D eigenvalue weighted by molar-refractivity contribution is 5.98. The molecular formula is C30H35F3O7. The highest BCUT2D eigenvalue weighted by Crippen LogP contribution is 2.44. The number of halogens is 3. The lowest BCUT2D eigenvalue weighted by atomic mass is 9.92. The van der Waals surface area contributed by atoms with Gasteiger partial charge < -0.3 is 18.9 Å². The highest BCUT2D eigenvalue weighted by atomic mass is 19.4. The van der Waals surface area contributed by atoms with Crippen molar-refractivity contribution >= 4 is 17.7 Å². The average molecular weight is 565 g/mol. The van der Waals surface area contributed by atoms with E-state index in [1.807, 2.05) is 6.92 Å². The Labute approximate surface area is 232 Å². The number of cyclic esters (lactones) is 1. The van der Waals surface area contributed by atoms with Crippen molar-refractivity contribution in [1.29, 1.82) is 0 Å². The molecule has 1 aromatic rings. The Hall–Kier alpha value is -3.40. The number of esters is 2. The van der Waals surface area contributed by atoms with Crippen molar-refractivity contribution in [2.75, 3.05) is 7.11 Å². The smallest absolute Gasteiger partial charge is 0.432 e. The summed E-state index contributed by atoms with van der Waals surface area (Å²) in [5.74, 6) is -2.18. The van der Waals surface area contributed by atoms with Crippen LogP contribution in [0.4, 0.5) is 13.2 Å². The predicted octanol–water partition coefficient (Wildman–Crippen LogP) is 5.89. The third kappa shape index (κ3) is 6.66. The number of carbonyl (C=O) groups excluding carboxylic acids is 3. The molecule has 3 rings (SSSR count). The summed E-state index contributed by atoms with van der Waals surface area (Å²) < 4.78 is 65.0. The van der Waals surface area contributed by atoms with E-state index in [0.29, 0.717) is 24.2 Å². The number of rotatable bonds is 10. The van der Waals surface area contributed by atoms with Crippen molar-refractivity contribution in [3.63, 3.8) is 0 Å². The molecular weight excluding hydrogens is 529 g/mol. The minimum Gasteiger partial charge on any atom is -0.484 e. The van der Waals surface area contributed by atoms with E-state index in [0.717, 1.165) is 24.8 Å². The lowest BCUT2D eigenvalue weighted by Gasteiger charge is -2.34. The van der Waals surface area contributed by atoms with Crippen molar-refractivity contribution < 1.29 is 46.5 Å². The SMILES string of the molecule is CO[C@@](C(=O)O[C@@H](CC[C@@H](C)C1=CC(=O)C(C)(C)O1)/C(C)=C/[C@@H]1CC(C)=CC(=O)O1)(c1ccccc1)C(F)(F)F. The Morgan fingerprint density at radius 2 is 1.80 bits per heavy atom. The van der Waals surface area contributed by atoms with E-state index in [1.54, 1.807) is 33.8 Å². The Morgan fingerprint density at radius 1 is 1.15 bits per heavy atom. The number of methoxy groups -OCH3 is 1. The molecule has 0 saturated heterocycles. The Bertz CT molecular complexity index is 1210. The van der Waals surface area contributed by atoms with Gasteiger partial charge in [-0.2, -0.15) is 13.2 Å². The van der Waals surface area contributed by atoms with E-state index in [2.05, 4.69) is 0 Å². The van der Waals surface area contributed by atoms with Gasteiger partial charge in [-0.15, -0.1) is 0 Å². The molecule has 10 heteroatoms. The predicted molar refractivity (Wildman–Crippen MR) is 140 cm³/mol. The number of ketones is 1. The largest absolute Gasteiger partial charge is 0.484 e. The molecule has 0 amide bonds. The maximum absolute atomic E-state index is 14.5. The zero-order valence-electron chi connectivity index (χ0n) is 23.5. The molecule has 0 fully saturated rings. The summed E-state index contributed by atoms with van der Waals surface area (Å²) >= 11 is 0. The summed E-state index contributed by atoms with van der Waals surface area (Å²) in [6.45, 7) is 8.48. The van der Waals surface area contributed by atoms with Crippen LogP contribution in [0, 0.1) is 5.92 Å². The quantitative estimate of drug-likeness (QED) is 0.259. The molecule has 0 unspecified atom stereocenters. The molecule has 40 heavy (non-hydrogen) atoms. The van der Waals surface area contributed by atoms with Crippen molar-refractivity contribution in [3.05, 3.63) is 71.0 Å². The van der Waals surface area contributed by atoms with Gasteiger partial charge in [0.05, 0.1) is 0 Å². The average Bonchev–Trinajstić information content (AvgIpc) is 3.13. The minimum atomic E-state index is -5.13. The lowest BCUT2D eigenvalue weighted by Crippen LogP contribution is -2.52. The molecule has 0 aromatic heterocycles. The third-order valence-corrected chi connectivity index (χ3v) is 7.12. The summed E-state index contributed by atoms with van der Waals surface area (Å²) in [6.07, 6.45) is -1.74. The number of carbonyl (C=O) groups is 3. The maximum Gasteiger partial charge on any atom is 0.432 e. The molecule has 218 valence electrons. The van der Waals surface area contributed by atoms with Crippen molar-refractivity contribution in [1.82, 2.24) is 0 Å². The summed E-state index contributed by atoms with van der Waals surface area (Å²) in [4.78, 5) is 37.5. The van der Waals surface area contributed by atoms with Gasteiger partial charge in [-0.05, 0) is 52.2 Å². The molecule has 7 nitrogen and oxygen atoms in total. The minimum absolute atomic E-state index is 0.104. The molecule has 0 spiro atoms. The second-order valence-electron chi connectivity index (χ2n) is 10.7. The number of hydrogen-bond acceptors (Lipinski definition) is 7. The molecule has 1 aromatic carbocycles. The zero-order valence-corrected chi connectivity index (χ0v) is 23.5. The van der Waals surface area contributed by atoms with Crippen LogP contribution in [0.2, 0.25) is 0 Å². The first-order valence-corrected chi connectivity index (χ1v) is 13.0. The van der Waals surface area contributed by atoms with Crippen molar-refractivity contribution in [3.8, 4) is 0 Å². The first-order valence-electron chi connectivity index (χ1n) is 13.0. The summed E-state index contributed by atoms with van der Waals surface area (Å²) in [7, 11) is 0.806. The van der Waals surface area contributed by atoms with Gasteiger partial charge in [0.2, 0.25) is 5.78 Å². The Kier molecular flexibility index (Phi) is 9.34. The first kappa shape index (κ1) is 31.1. The van der Waals surface area contributed by atoms with Crippen LogP contribution in [-0.4, -0.2) is 48.8 Å². The summed E-state index contributed by atoms with van der Waals surface area (Å²) in [5.41, 5.74) is -3.59. The van der Waals surface area contributed by atoms with Gasteiger partial charge in [-0.25, -0.2) is 9.59 Å². The number of benzene rings is 1. The number of hydrogen-bond donors (Lipinski definition) is 0. The molecule has 0 N–H and O–H groups in total. The van der Waals surface area contributed by atoms with Crippen LogP contribution in [0.5, 0.6) is 0 Å². The number of alkyl halides is 3. The molecule has 2 aliphatic heterocycles. The zero-order chi connectivity index (χ0) is 29.9. The molecule has 0 bridgehead atoms. The Morgan fingerprint density at radius 3 is 2.33 bits per heavy atom. The van der Waals surface area contributed by atoms with Gasteiger partial charge in [0.1, 0.15) is 18.0 Å². The van der Waals surface area contributed by atoms with E-state index in [1.165, 1.54) is 30.4 Å². The molecule has 4 atom stereocenters. The fourth-order valence-electron chi connectivity index (χ4n) is 4.74. The third-order valence-electron chi connectivity index (χ3n) is 7.12. The summed E-state index contributed by atoms with van der Waals surface area (Å²) in [5, 5.41) is 0. The van der Waals surface area contributed by atoms with Gasteiger partial charge in [0, 0.05) is 37.2 Å². The second kappa shape index (κ2) is 12.0. The van der Waals surface area contributed by atoms with Crippen LogP contribution in [0.15, 0.2) is 65.5 Å². The Balaban J connectivity index is 1.92. The van der Waals surface area contributed by atoms with Crippen LogP contribution in [-0.2, 0) is 38.9 Å².